The summed E-state index contributed by atoms with van der Waals surface area (Å²) in [5.74, 6) is -1.05. The zero-order valence-corrected chi connectivity index (χ0v) is 10.6. The Balaban J connectivity index is 2.47. The van der Waals surface area contributed by atoms with Crippen LogP contribution < -0.4 is 0 Å². The van der Waals surface area contributed by atoms with Crippen LogP contribution >= 0.6 is 0 Å². The number of nitrogens with zero attached hydrogens (tertiary/aromatic N) is 1. The third-order valence-corrected chi connectivity index (χ3v) is 3.34. The first-order chi connectivity index (χ1) is 9.00. The normalized spacial score (nSPS) is 15.5. The Morgan fingerprint density at radius 2 is 1.89 bits per heavy atom. The fourth-order valence-corrected chi connectivity index (χ4v) is 2.33. The molecular formula is C14H15NO4. The fraction of sp³-hybridized carbons (Fsp3) is 0.286. The molecule has 0 fully saturated rings. The number of benzene rings is 1. The fourth-order valence-electron chi connectivity index (χ4n) is 2.33. The molecule has 0 aliphatic carbocycles. The minimum atomic E-state index is -1.08. The van der Waals surface area contributed by atoms with Crippen LogP contribution in [0.5, 0.6) is 0 Å². The van der Waals surface area contributed by atoms with Gasteiger partial charge in [0.2, 0.25) is 0 Å². The number of hydrogen-bond acceptors (Lipinski definition) is 2. The van der Waals surface area contributed by atoms with Gasteiger partial charge in [0.15, 0.2) is 0 Å². The molecule has 5 nitrogen and oxygen atoms in total. The Labute approximate surface area is 110 Å². The lowest BCUT2D eigenvalue weighted by atomic mass is 9.91. The summed E-state index contributed by atoms with van der Waals surface area (Å²) in [6.45, 7) is 2.19. The average molecular weight is 261 g/mol. The molecule has 0 bridgehead atoms. The molecule has 100 valence electrons. The molecule has 0 spiro atoms. The van der Waals surface area contributed by atoms with Gasteiger partial charge in [-0.1, -0.05) is 24.3 Å². The van der Waals surface area contributed by atoms with E-state index in [9.17, 15) is 14.7 Å². The van der Waals surface area contributed by atoms with E-state index in [0.29, 0.717) is 13.0 Å². The molecule has 1 aliphatic heterocycles. The molecule has 1 heterocycles. The Morgan fingerprint density at radius 3 is 2.47 bits per heavy atom. The molecule has 0 saturated heterocycles. The Morgan fingerprint density at radius 1 is 1.21 bits per heavy atom. The van der Waals surface area contributed by atoms with E-state index < -0.39 is 12.1 Å². The van der Waals surface area contributed by atoms with Crippen LogP contribution in [0.4, 0.5) is 4.79 Å². The quantitative estimate of drug-likeness (QED) is 0.855. The lowest BCUT2D eigenvalue weighted by molar-refractivity contribution is -0.132. The average Bonchev–Trinajstić information content (AvgIpc) is 2.38. The third-order valence-electron chi connectivity index (χ3n) is 3.34. The number of carbonyl (C=O) groups is 2. The Kier molecular flexibility index (Phi) is 3.55. The van der Waals surface area contributed by atoms with Crippen molar-refractivity contribution in [2.24, 2.45) is 0 Å². The molecule has 0 aromatic heterocycles. The summed E-state index contributed by atoms with van der Waals surface area (Å²) in [4.78, 5) is 23.4. The van der Waals surface area contributed by atoms with Gasteiger partial charge in [-0.2, -0.15) is 0 Å². The van der Waals surface area contributed by atoms with Gasteiger partial charge in [0.25, 0.3) is 0 Å². The van der Waals surface area contributed by atoms with Crippen LogP contribution in [0.15, 0.2) is 29.8 Å². The molecule has 2 rings (SSSR count). The Bertz CT molecular complexity index is 562. The van der Waals surface area contributed by atoms with Crippen molar-refractivity contribution in [3.05, 3.63) is 41.0 Å². The molecule has 2 N–H and O–H groups in total. The van der Waals surface area contributed by atoms with Crippen LogP contribution in [0, 0.1) is 6.92 Å². The summed E-state index contributed by atoms with van der Waals surface area (Å²) in [5.41, 5.74) is 2.80. The summed E-state index contributed by atoms with van der Waals surface area (Å²) in [6.07, 6.45) is -0.652. The second-order valence-electron chi connectivity index (χ2n) is 4.53. The second-order valence-corrected chi connectivity index (χ2v) is 4.53. The molecule has 1 amide bonds. The highest BCUT2D eigenvalue weighted by Gasteiger charge is 2.27. The predicted molar refractivity (Wildman–Crippen MR) is 69.9 cm³/mol. The minimum Gasteiger partial charge on any atom is -0.478 e. The number of rotatable bonds is 2. The first kappa shape index (κ1) is 13.1. The maximum Gasteiger partial charge on any atom is 0.407 e. The first-order valence-corrected chi connectivity index (χ1v) is 6.00. The highest BCUT2D eigenvalue weighted by molar-refractivity contribution is 5.98. The maximum absolute atomic E-state index is 11.3. The van der Waals surface area contributed by atoms with Crippen LogP contribution in [-0.2, 0) is 4.79 Å². The van der Waals surface area contributed by atoms with E-state index in [0.717, 1.165) is 21.6 Å². The van der Waals surface area contributed by atoms with Crippen molar-refractivity contribution in [1.82, 2.24) is 4.90 Å². The molecule has 19 heavy (non-hydrogen) atoms. The minimum absolute atomic E-state index is 0.0612. The van der Waals surface area contributed by atoms with E-state index in [1.165, 1.54) is 0 Å². The molecule has 1 aromatic rings. The van der Waals surface area contributed by atoms with E-state index in [-0.39, 0.29) is 12.1 Å². The molecule has 0 atom stereocenters. The summed E-state index contributed by atoms with van der Waals surface area (Å²) < 4.78 is 0. The third kappa shape index (κ3) is 2.59. The van der Waals surface area contributed by atoms with Crippen LogP contribution in [0.2, 0.25) is 0 Å². The zero-order chi connectivity index (χ0) is 14.0. The van der Waals surface area contributed by atoms with Gasteiger partial charge >= 0.3 is 12.1 Å². The molecule has 0 saturated carbocycles. The van der Waals surface area contributed by atoms with Gasteiger partial charge in [0, 0.05) is 6.54 Å². The van der Waals surface area contributed by atoms with Crippen LogP contribution in [0.3, 0.4) is 0 Å². The lowest BCUT2D eigenvalue weighted by Gasteiger charge is -2.27. The summed E-state index contributed by atoms with van der Waals surface area (Å²) in [5, 5.41) is 18.2. The molecule has 1 aliphatic rings. The number of hydrogen-bond donors (Lipinski definition) is 2. The number of aryl methyl sites for hydroxylation is 1. The summed E-state index contributed by atoms with van der Waals surface area (Å²) in [7, 11) is 0. The highest BCUT2D eigenvalue weighted by Crippen LogP contribution is 2.29. The topological polar surface area (TPSA) is 77.8 Å². The standard InChI is InChI=1S/C14H15NO4/c1-9-4-2-3-5-10(9)11-6-7-15(14(18)19)8-12(11)13(16)17/h2-5H,6-8H2,1H3,(H,16,17)(H,18,19). The van der Waals surface area contributed by atoms with Crippen molar-refractivity contribution in [3.63, 3.8) is 0 Å². The van der Waals surface area contributed by atoms with Crippen molar-refractivity contribution in [2.75, 3.05) is 13.1 Å². The van der Waals surface area contributed by atoms with Gasteiger partial charge in [-0.3, -0.25) is 0 Å². The van der Waals surface area contributed by atoms with Crippen molar-refractivity contribution in [3.8, 4) is 0 Å². The zero-order valence-electron chi connectivity index (χ0n) is 10.6. The van der Waals surface area contributed by atoms with Crippen molar-refractivity contribution < 1.29 is 19.8 Å². The Hall–Kier alpha value is -2.30. The highest BCUT2D eigenvalue weighted by atomic mass is 16.4. The van der Waals surface area contributed by atoms with Gasteiger partial charge in [-0.05, 0) is 30.0 Å². The van der Waals surface area contributed by atoms with Crippen LogP contribution in [0.25, 0.3) is 5.57 Å². The van der Waals surface area contributed by atoms with Gasteiger partial charge in [0.05, 0.1) is 12.1 Å². The van der Waals surface area contributed by atoms with E-state index in [2.05, 4.69) is 0 Å². The number of carboxylic acid groups (broad SMARTS) is 2. The molecular weight excluding hydrogens is 246 g/mol. The van der Waals surface area contributed by atoms with E-state index >= 15 is 0 Å². The number of aliphatic carboxylic acids is 1. The number of carboxylic acids is 1. The monoisotopic (exact) mass is 261 g/mol. The van der Waals surface area contributed by atoms with E-state index in [4.69, 9.17) is 5.11 Å². The van der Waals surface area contributed by atoms with Gasteiger partial charge in [0.1, 0.15) is 0 Å². The van der Waals surface area contributed by atoms with Gasteiger partial charge < -0.3 is 15.1 Å². The largest absolute Gasteiger partial charge is 0.478 e. The van der Waals surface area contributed by atoms with Crippen molar-refractivity contribution in [1.29, 1.82) is 0 Å². The van der Waals surface area contributed by atoms with Crippen molar-refractivity contribution in [2.45, 2.75) is 13.3 Å². The molecule has 0 unspecified atom stereocenters. The smallest absolute Gasteiger partial charge is 0.407 e. The van der Waals surface area contributed by atoms with Crippen LogP contribution in [-0.4, -0.2) is 40.3 Å². The molecule has 5 heteroatoms. The van der Waals surface area contributed by atoms with E-state index in [1.807, 2.05) is 31.2 Å². The second kappa shape index (κ2) is 5.14. The summed E-state index contributed by atoms with van der Waals surface area (Å²) >= 11 is 0. The SMILES string of the molecule is Cc1ccccc1C1=C(C(=O)O)CN(C(=O)O)CC1. The van der Waals surface area contributed by atoms with Crippen molar-refractivity contribution >= 4 is 17.6 Å². The van der Waals surface area contributed by atoms with Gasteiger partial charge in [-0.25, -0.2) is 9.59 Å². The van der Waals surface area contributed by atoms with E-state index in [1.54, 1.807) is 0 Å². The molecule has 1 aromatic carbocycles. The number of amides is 1. The summed E-state index contributed by atoms with van der Waals surface area (Å²) in [6, 6.07) is 7.56. The predicted octanol–water partition coefficient (Wildman–Crippen LogP) is 2.22. The lowest BCUT2D eigenvalue weighted by Crippen LogP contribution is -2.37. The van der Waals surface area contributed by atoms with Crippen LogP contribution in [0.1, 0.15) is 17.5 Å². The maximum atomic E-state index is 11.3. The molecule has 0 radical (unpaired) electrons. The first-order valence-electron chi connectivity index (χ1n) is 6.00. The van der Waals surface area contributed by atoms with Gasteiger partial charge in [-0.15, -0.1) is 0 Å².